The van der Waals surface area contributed by atoms with Gasteiger partial charge in [0.25, 0.3) is 0 Å². The van der Waals surface area contributed by atoms with E-state index in [2.05, 4.69) is 15.5 Å². The van der Waals surface area contributed by atoms with Crippen LogP contribution in [0.3, 0.4) is 0 Å². The molecule has 0 saturated heterocycles. The summed E-state index contributed by atoms with van der Waals surface area (Å²) in [5.74, 6) is -0.508. The summed E-state index contributed by atoms with van der Waals surface area (Å²) in [5, 5.41) is 10.1. The molecule has 1 N–H and O–H groups in total. The van der Waals surface area contributed by atoms with Gasteiger partial charge >= 0.3 is 6.01 Å². The summed E-state index contributed by atoms with van der Waals surface area (Å²) in [6.45, 7) is 1.96. The number of nitrogens with zero attached hydrogens (tertiary/aromatic N) is 2. The molecule has 0 radical (unpaired) electrons. The first-order chi connectivity index (χ1) is 11.1. The Kier molecular flexibility index (Phi) is 4.14. The van der Waals surface area contributed by atoms with Crippen LogP contribution in [0.1, 0.15) is 11.1 Å². The van der Waals surface area contributed by atoms with Crippen LogP contribution in [0.25, 0.3) is 11.5 Å². The molecule has 3 aromatic rings. The maximum absolute atomic E-state index is 13.2. The van der Waals surface area contributed by atoms with Gasteiger partial charge in [0, 0.05) is 5.56 Å². The first-order valence-corrected chi connectivity index (χ1v) is 7.05. The van der Waals surface area contributed by atoms with Gasteiger partial charge in [-0.2, -0.15) is 0 Å². The molecule has 0 saturated carbocycles. The summed E-state index contributed by atoms with van der Waals surface area (Å²) in [7, 11) is 0. The third kappa shape index (κ3) is 3.79. The predicted molar refractivity (Wildman–Crippen MR) is 83.2 cm³/mol. The summed E-state index contributed by atoms with van der Waals surface area (Å²) < 4.78 is 18.5. The second-order valence-corrected chi connectivity index (χ2v) is 5.14. The smallest absolute Gasteiger partial charge is 0.322 e. The van der Waals surface area contributed by atoms with Crippen LogP contribution in [0.4, 0.5) is 10.4 Å². The Balaban J connectivity index is 1.68. The Labute approximate surface area is 132 Å². The first kappa shape index (κ1) is 14.9. The molecule has 1 aromatic heterocycles. The third-order valence-corrected chi connectivity index (χ3v) is 3.19. The fraction of sp³-hybridized carbons (Fsp3) is 0.118. The number of rotatable bonds is 4. The molecule has 23 heavy (non-hydrogen) atoms. The Morgan fingerprint density at radius 2 is 2.00 bits per heavy atom. The zero-order valence-corrected chi connectivity index (χ0v) is 12.4. The van der Waals surface area contributed by atoms with Gasteiger partial charge in [0.1, 0.15) is 5.82 Å². The van der Waals surface area contributed by atoms with Crippen molar-refractivity contribution in [1.82, 2.24) is 10.2 Å². The van der Waals surface area contributed by atoms with Crippen molar-refractivity contribution in [3.63, 3.8) is 0 Å². The molecular formula is C17H14FN3O2. The van der Waals surface area contributed by atoms with Gasteiger partial charge in [-0.25, -0.2) is 4.39 Å². The Morgan fingerprint density at radius 1 is 1.17 bits per heavy atom. The molecule has 0 aliphatic heterocycles. The molecule has 0 bridgehead atoms. The lowest BCUT2D eigenvalue weighted by molar-refractivity contribution is -0.115. The van der Waals surface area contributed by atoms with Crippen molar-refractivity contribution in [2.24, 2.45) is 0 Å². The Bertz CT molecular complexity index is 845. The van der Waals surface area contributed by atoms with Crippen LogP contribution in [0, 0.1) is 12.7 Å². The van der Waals surface area contributed by atoms with E-state index in [0.29, 0.717) is 5.56 Å². The minimum atomic E-state index is -0.397. The van der Waals surface area contributed by atoms with Gasteiger partial charge in [0.15, 0.2) is 0 Å². The van der Waals surface area contributed by atoms with Gasteiger partial charge in [-0.3, -0.25) is 10.1 Å². The summed E-state index contributed by atoms with van der Waals surface area (Å²) in [6, 6.07) is 13.5. The van der Waals surface area contributed by atoms with Crippen LogP contribution in [-0.4, -0.2) is 16.1 Å². The van der Waals surface area contributed by atoms with E-state index in [1.165, 1.54) is 12.1 Å². The normalized spacial score (nSPS) is 10.5. The molecule has 0 aliphatic rings. The van der Waals surface area contributed by atoms with Gasteiger partial charge in [-0.1, -0.05) is 41.0 Å². The molecule has 0 aliphatic carbocycles. The number of nitrogens with one attached hydrogen (secondary N) is 1. The number of aromatic nitrogens is 2. The molecule has 0 fully saturated rings. The topological polar surface area (TPSA) is 68.0 Å². The van der Waals surface area contributed by atoms with Gasteiger partial charge in [-0.05, 0) is 30.7 Å². The minimum absolute atomic E-state index is 0.0121. The molecule has 6 heteroatoms. The molecule has 3 rings (SSSR count). The van der Waals surface area contributed by atoms with Gasteiger partial charge in [0.2, 0.25) is 11.8 Å². The number of benzene rings is 2. The summed E-state index contributed by atoms with van der Waals surface area (Å²) in [5.41, 5.74) is 2.44. The molecule has 116 valence electrons. The number of anilines is 1. The van der Waals surface area contributed by atoms with Crippen molar-refractivity contribution in [3.8, 4) is 11.5 Å². The van der Waals surface area contributed by atoms with E-state index in [9.17, 15) is 9.18 Å². The standard InChI is InChI=1S/C17H14FN3O2/c1-11-4-2-5-12(8-11)9-15(22)19-17-21-20-16(23-17)13-6-3-7-14(18)10-13/h2-8,10H,9H2,1H3,(H,19,21,22). The summed E-state index contributed by atoms with van der Waals surface area (Å²) >= 11 is 0. The number of aryl methyl sites for hydroxylation is 1. The van der Waals surface area contributed by atoms with E-state index in [0.717, 1.165) is 11.1 Å². The fourth-order valence-corrected chi connectivity index (χ4v) is 2.18. The average molecular weight is 311 g/mol. The highest BCUT2D eigenvalue weighted by atomic mass is 19.1. The number of amides is 1. The molecule has 0 unspecified atom stereocenters. The molecule has 0 atom stereocenters. The fourth-order valence-electron chi connectivity index (χ4n) is 2.18. The van der Waals surface area contributed by atoms with E-state index < -0.39 is 5.82 Å². The largest absolute Gasteiger partial charge is 0.403 e. The van der Waals surface area contributed by atoms with Crippen molar-refractivity contribution in [3.05, 3.63) is 65.5 Å². The number of hydrogen-bond donors (Lipinski definition) is 1. The zero-order chi connectivity index (χ0) is 16.2. The maximum atomic E-state index is 13.2. The molecule has 2 aromatic carbocycles. The van der Waals surface area contributed by atoms with E-state index in [4.69, 9.17) is 4.42 Å². The van der Waals surface area contributed by atoms with Crippen LogP contribution < -0.4 is 5.32 Å². The number of carbonyl (C=O) groups excluding carboxylic acids is 1. The lowest BCUT2D eigenvalue weighted by atomic mass is 10.1. The Hall–Kier alpha value is -3.02. The minimum Gasteiger partial charge on any atom is -0.403 e. The van der Waals surface area contributed by atoms with Crippen molar-refractivity contribution in [1.29, 1.82) is 0 Å². The zero-order valence-electron chi connectivity index (χ0n) is 12.4. The lowest BCUT2D eigenvalue weighted by Crippen LogP contribution is -2.14. The number of hydrogen-bond acceptors (Lipinski definition) is 4. The second-order valence-electron chi connectivity index (χ2n) is 5.14. The lowest BCUT2D eigenvalue weighted by Gasteiger charge is -2.02. The summed E-state index contributed by atoms with van der Waals surface area (Å²) in [6.07, 6.45) is 0.208. The van der Waals surface area contributed by atoms with Crippen LogP contribution >= 0.6 is 0 Å². The highest BCUT2D eigenvalue weighted by molar-refractivity contribution is 5.90. The van der Waals surface area contributed by atoms with E-state index >= 15 is 0 Å². The number of halogens is 1. The summed E-state index contributed by atoms with van der Waals surface area (Å²) in [4.78, 5) is 12.0. The highest BCUT2D eigenvalue weighted by Crippen LogP contribution is 2.20. The van der Waals surface area contributed by atoms with Crippen LogP contribution in [0.5, 0.6) is 0 Å². The molecule has 0 spiro atoms. The third-order valence-electron chi connectivity index (χ3n) is 3.19. The highest BCUT2D eigenvalue weighted by Gasteiger charge is 2.12. The average Bonchev–Trinajstić information content (AvgIpc) is 2.95. The van der Waals surface area contributed by atoms with Gasteiger partial charge in [0.05, 0.1) is 6.42 Å². The van der Waals surface area contributed by atoms with Crippen molar-refractivity contribution >= 4 is 11.9 Å². The van der Waals surface area contributed by atoms with Crippen LogP contribution in [-0.2, 0) is 11.2 Å². The van der Waals surface area contributed by atoms with Crippen molar-refractivity contribution in [2.75, 3.05) is 5.32 Å². The molecule has 1 heterocycles. The quantitative estimate of drug-likeness (QED) is 0.802. The first-order valence-electron chi connectivity index (χ1n) is 7.05. The second kappa shape index (κ2) is 6.39. The van der Waals surface area contributed by atoms with Crippen molar-refractivity contribution in [2.45, 2.75) is 13.3 Å². The molecule has 5 nitrogen and oxygen atoms in total. The van der Waals surface area contributed by atoms with Crippen LogP contribution in [0.2, 0.25) is 0 Å². The number of carbonyl (C=O) groups is 1. The molecular weight excluding hydrogens is 297 g/mol. The SMILES string of the molecule is Cc1cccc(CC(=O)Nc2nnc(-c3cccc(F)c3)o2)c1. The Morgan fingerprint density at radius 3 is 2.78 bits per heavy atom. The van der Waals surface area contributed by atoms with Crippen molar-refractivity contribution < 1.29 is 13.6 Å². The maximum Gasteiger partial charge on any atom is 0.322 e. The van der Waals surface area contributed by atoms with Crippen LogP contribution in [0.15, 0.2) is 52.9 Å². The van der Waals surface area contributed by atoms with E-state index in [-0.39, 0.29) is 24.2 Å². The van der Waals surface area contributed by atoms with Gasteiger partial charge < -0.3 is 4.42 Å². The van der Waals surface area contributed by atoms with E-state index in [1.807, 2.05) is 31.2 Å². The van der Waals surface area contributed by atoms with E-state index in [1.54, 1.807) is 12.1 Å². The predicted octanol–water partition coefficient (Wildman–Crippen LogP) is 3.37. The molecule has 1 amide bonds. The van der Waals surface area contributed by atoms with Gasteiger partial charge in [-0.15, -0.1) is 5.10 Å². The monoisotopic (exact) mass is 311 g/mol.